The number of benzene rings is 6. The van der Waals surface area contributed by atoms with Crippen LogP contribution in [0.25, 0.3) is 63.7 Å². The monoisotopic (exact) mass is 569 g/mol. The van der Waals surface area contributed by atoms with Gasteiger partial charge >= 0.3 is 0 Å². The highest BCUT2D eigenvalue weighted by molar-refractivity contribution is 7.25. The number of anilines is 1. The number of aliphatic imine (C=N–C) groups is 1. The van der Waals surface area contributed by atoms with E-state index in [1.807, 2.05) is 23.5 Å². The summed E-state index contributed by atoms with van der Waals surface area (Å²) in [5.74, 6) is 0.620. The number of hydrogen-bond acceptors (Lipinski definition) is 4. The highest BCUT2D eigenvalue weighted by atomic mass is 32.1. The van der Waals surface area contributed by atoms with Gasteiger partial charge in [0, 0.05) is 41.9 Å². The summed E-state index contributed by atoms with van der Waals surface area (Å²) in [7, 11) is 0. The molecule has 0 bridgehead atoms. The molecule has 1 aliphatic rings. The van der Waals surface area contributed by atoms with Crippen LogP contribution >= 0.6 is 11.3 Å². The van der Waals surface area contributed by atoms with Gasteiger partial charge in [-0.3, -0.25) is 0 Å². The van der Waals surface area contributed by atoms with Crippen molar-refractivity contribution < 1.29 is 4.42 Å². The van der Waals surface area contributed by atoms with Crippen LogP contribution in [0.3, 0.4) is 0 Å². The smallest absolute Gasteiger partial charge is 0.244 e. The van der Waals surface area contributed by atoms with Gasteiger partial charge in [-0.15, -0.1) is 11.3 Å². The molecule has 5 heteroatoms. The summed E-state index contributed by atoms with van der Waals surface area (Å²) in [5, 5.41) is 12.4. The van der Waals surface area contributed by atoms with Gasteiger partial charge in [0.15, 0.2) is 0 Å². The Morgan fingerprint density at radius 2 is 1.33 bits per heavy atom. The molecule has 1 atom stereocenters. The molecule has 0 spiro atoms. The van der Waals surface area contributed by atoms with Gasteiger partial charge in [0.25, 0.3) is 0 Å². The number of fused-ring (bicyclic) bond motifs is 10. The van der Waals surface area contributed by atoms with E-state index >= 15 is 0 Å². The Morgan fingerprint density at radius 3 is 2.23 bits per heavy atom. The molecule has 4 heterocycles. The first-order valence-corrected chi connectivity index (χ1v) is 15.3. The molecule has 1 N–H and O–H groups in total. The molecule has 43 heavy (non-hydrogen) atoms. The number of aromatic nitrogens is 1. The van der Waals surface area contributed by atoms with Crippen LogP contribution in [0.4, 0.5) is 11.6 Å². The highest BCUT2D eigenvalue weighted by Crippen LogP contribution is 2.45. The van der Waals surface area contributed by atoms with Crippen molar-refractivity contribution >= 4 is 92.3 Å². The van der Waals surface area contributed by atoms with Crippen LogP contribution in [0, 0.1) is 0 Å². The first-order valence-electron chi connectivity index (χ1n) is 14.5. The van der Waals surface area contributed by atoms with Crippen LogP contribution in [-0.2, 0) is 0 Å². The molecule has 1 aliphatic heterocycles. The zero-order valence-electron chi connectivity index (χ0n) is 22.9. The minimum atomic E-state index is -0.260. The molecule has 9 aromatic rings. The molecule has 0 aliphatic carbocycles. The molecule has 10 rings (SSSR count). The molecule has 3 aromatic heterocycles. The van der Waals surface area contributed by atoms with Crippen LogP contribution in [0.15, 0.2) is 137 Å². The molecule has 1 unspecified atom stereocenters. The maximum absolute atomic E-state index is 6.32. The molecule has 0 amide bonds. The lowest BCUT2D eigenvalue weighted by Crippen LogP contribution is -2.29. The third-order valence-electron chi connectivity index (χ3n) is 8.85. The van der Waals surface area contributed by atoms with Crippen LogP contribution in [0.1, 0.15) is 11.7 Å². The Kier molecular flexibility index (Phi) is 4.62. The molecule has 4 nitrogen and oxygen atoms in total. The molecular formula is C38H23N3OS. The molecule has 6 aromatic carbocycles. The summed E-state index contributed by atoms with van der Waals surface area (Å²) >= 11 is 1.83. The Morgan fingerprint density at radius 1 is 0.605 bits per heavy atom. The SMILES string of the molecule is c1ccc2cc3c(cc2c1)c1ccccc1n3C1Nc2c(oc3ccccc23)N=C1c1ccc2c(c1)sc1ccccc12. The fraction of sp³-hybridized carbons (Fsp3) is 0.0263. The zero-order valence-corrected chi connectivity index (χ0v) is 23.7. The number of furan rings is 1. The van der Waals surface area contributed by atoms with Gasteiger partial charge in [0.1, 0.15) is 17.4 Å². The lowest BCUT2D eigenvalue weighted by atomic mass is 10.0. The predicted molar refractivity (Wildman–Crippen MR) is 181 cm³/mol. The predicted octanol–water partition coefficient (Wildman–Crippen LogP) is 10.8. The van der Waals surface area contributed by atoms with Crippen LogP contribution in [0.2, 0.25) is 0 Å². The van der Waals surface area contributed by atoms with Crippen LogP contribution in [0.5, 0.6) is 0 Å². The van der Waals surface area contributed by atoms with Crippen LogP contribution < -0.4 is 5.32 Å². The van der Waals surface area contributed by atoms with Crippen molar-refractivity contribution in [1.29, 1.82) is 0 Å². The number of rotatable bonds is 2. The molecule has 0 saturated carbocycles. The van der Waals surface area contributed by atoms with Gasteiger partial charge in [-0.25, -0.2) is 4.99 Å². The van der Waals surface area contributed by atoms with Crippen molar-refractivity contribution in [3.8, 4) is 0 Å². The number of hydrogen-bond donors (Lipinski definition) is 1. The number of para-hydroxylation sites is 2. The maximum Gasteiger partial charge on any atom is 0.244 e. The fourth-order valence-corrected chi connectivity index (χ4v) is 8.03. The van der Waals surface area contributed by atoms with Gasteiger partial charge < -0.3 is 14.3 Å². The quantitative estimate of drug-likeness (QED) is 0.225. The van der Waals surface area contributed by atoms with Gasteiger partial charge in [0.05, 0.1) is 16.7 Å². The Labute approximate surface area is 250 Å². The van der Waals surface area contributed by atoms with E-state index in [0.717, 1.165) is 33.4 Å². The van der Waals surface area contributed by atoms with Crippen molar-refractivity contribution in [1.82, 2.24) is 4.57 Å². The Balaban J connectivity index is 1.28. The molecular weight excluding hydrogens is 547 g/mol. The first-order chi connectivity index (χ1) is 21.3. The van der Waals surface area contributed by atoms with E-state index in [1.54, 1.807) is 0 Å². The summed E-state index contributed by atoms with van der Waals surface area (Å²) in [6.45, 7) is 0. The first kappa shape index (κ1) is 23.2. The van der Waals surface area contributed by atoms with E-state index in [2.05, 4.69) is 125 Å². The summed E-state index contributed by atoms with van der Waals surface area (Å²) in [6, 6.07) is 45.5. The number of nitrogens with zero attached hydrogens (tertiary/aromatic N) is 2. The second-order valence-electron chi connectivity index (χ2n) is 11.2. The molecule has 202 valence electrons. The summed E-state index contributed by atoms with van der Waals surface area (Å²) in [4.78, 5) is 5.30. The minimum absolute atomic E-state index is 0.260. The van der Waals surface area contributed by atoms with Gasteiger partial charge in [0.2, 0.25) is 5.88 Å². The second-order valence-corrected chi connectivity index (χ2v) is 12.3. The number of thiophene rings is 1. The van der Waals surface area contributed by atoms with Gasteiger partial charge in [-0.2, -0.15) is 0 Å². The lowest BCUT2D eigenvalue weighted by Gasteiger charge is -2.28. The largest absolute Gasteiger partial charge is 0.436 e. The highest BCUT2D eigenvalue weighted by Gasteiger charge is 2.31. The average Bonchev–Trinajstić information content (AvgIpc) is 3.71. The summed E-state index contributed by atoms with van der Waals surface area (Å²) < 4.78 is 11.3. The third kappa shape index (κ3) is 3.28. The van der Waals surface area contributed by atoms with E-state index in [4.69, 9.17) is 9.41 Å². The maximum atomic E-state index is 6.32. The molecule has 0 fully saturated rings. The van der Waals surface area contributed by atoms with Gasteiger partial charge in [-0.1, -0.05) is 84.9 Å². The van der Waals surface area contributed by atoms with Crippen molar-refractivity contribution in [2.45, 2.75) is 6.17 Å². The van der Waals surface area contributed by atoms with Gasteiger partial charge in [-0.05, 0) is 53.2 Å². The fourth-order valence-electron chi connectivity index (χ4n) is 6.88. The van der Waals surface area contributed by atoms with Crippen LogP contribution in [-0.4, -0.2) is 10.3 Å². The molecule has 0 radical (unpaired) electrons. The topological polar surface area (TPSA) is 42.5 Å². The summed E-state index contributed by atoms with van der Waals surface area (Å²) in [6.07, 6.45) is -0.260. The van der Waals surface area contributed by atoms with E-state index in [1.165, 1.54) is 47.2 Å². The van der Waals surface area contributed by atoms with E-state index in [0.29, 0.717) is 5.88 Å². The van der Waals surface area contributed by atoms with E-state index < -0.39 is 0 Å². The Hall–Kier alpha value is -5.39. The standard InChI is InChI=1S/C38H23N3OS/c1-2-10-23-20-31-29(19-22(23)9-1)25-11-3-6-14-30(25)41(31)37-35(40-38-36(39-37)28-13-4-7-15-32(28)42-38)24-17-18-27-26-12-5-8-16-33(26)43-34(27)21-24/h1-21,37,39H. The average molecular weight is 570 g/mol. The second kappa shape index (κ2) is 8.57. The number of nitrogens with one attached hydrogen (secondary N) is 1. The normalized spacial score (nSPS) is 15.1. The lowest BCUT2D eigenvalue weighted by molar-refractivity contribution is 0.618. The third-order valence-corrected chi connectivity index (χ3v) is 9.98. The Bertz CT molecular complexity index is 2620. The van der Waals surface area contributed by atoms with Crippen molar-refractivity contribution in [3.05, 3.63) is 133 Å². The van der Waals surface area contributed by atoms with Crippen molar-refractivity contribution in [2.24, 2.45) is 4.99 Å². The van der Waals surface area contributed by atoms with E-state index in [-0.39, 0.29) is 6.17 Å². The molecule has 0 saturated heterocycles. The van der Waals surface area contributed by atoms with Crippen molar-refractivity contribution in [3.63, 3.8) is 0 Å². The zero-order chi connectivity index (χ0) is 28.1. The minimum Gasteiger partial charge on any atom is -0.436 e. The van der Waals surface area contributed by atoms with Crippen molar-refractivity contribution in [2.75, 3.05) is 5.32 Å². The van der Waals surface area contributed by atoms with E-state index in [9.17, 15) is 0 Å². The summed E-state index contributed by atoms with van der Waals surface area (Å²) in [5.41, 5.74) is 6.11.